The van der Waals surface area contributed by atoms with Gasteiger partial charge in [0.05, 0.1) is 23.8 Å². The molecule has 0 N–H and O–H groups in total. The van der Waals surface area contributed by atoms with Crippen LogP contribution < -0.4 is 0 Å². The SMILES string of the molecule is C.C.C.C.C.C.C.C.SCO[Si](OCS)(OCS)OCS. The van der Waals surface area contributed by atoms with Crippen LogP contribution in [-0.4, -0.2) is 32.8 Å². The second-order valence-electron chi connectivity index (χ2n) is 1.59. The zero-order valence-electron chi connectivity index (χ0n) is 6.75. The Hall–Kier alpha value is 1.46. The summed E-state index contributed by atoms with van der Waals surface area (Å²) in [5.74, 6) is 0.562. The van der Waals surface area contributed by atoms with Gasteiger partial charge in [-0.1, -0.05) is 59.4 Å². The van der Waals surface area contributed by atoms with E-state index in [0.29, 0.717) is 0 Å². The van der Waals surface area contributed by atoms with Crippen molar-refractivity contribution in [2.45, 2.75) is 59.4 Å². The number of thiol groups is 4. The van der Waals surface area contributed by atoms with E-state index in [1.54, 1.807) is 0 Å². The molecular weight excluding hydrogens is 364 g/mol. The van der Waals surface area contributed by atoms with Crippen LogP contribution in [0.1, 0.15) is 59.4 Å². The van der Waals surface area contributed by atoms with Crippen molar-refractivity contribution in [1.29, 1.82) is 0 Å². The maximum Gasteiger partial charge on any atom is 0.682 e. The molecule has 0 fully saturated rings. The summed E-state index contributed by atoms with van der Waals surface area (Å²) in [4.78, 5) is 0. The summed E-state index contributed by atoms with van der Waals surface area (Å²) in [5, 5.41) is 0. The van der Waals surface area contributed by atoms with Crippen LogP contribution in [0.2, 0.25) is 0 Å². The highest BCUT2D eigenvalue weighted by atomic mass is 32.1. The quantitative estimate of drug-likeness (QED) is 0.221. The molecule has 0 atom stereocenters. The summed E-state index contributed by atoms with van der Waals surface area (Å²) < 4.78 is 20.6. The van der Waals surface area contributed by atoms with Gasteiger partial charge in [0, 0.05) is 0 Å². The van der Waals surface area contributed by atoms with Gasteiger partial charge in [0.25, 0.3) is 0 Å². The third kappa shape index (κ3) is 26.7. The van der Waals surface area contributed by atoms with E-state index in [1.807, 2.05) is 0 Å². The molecule has 0 bridgehead atoms. The van der Waals surface area contributed by atoms with Gasteiger partial charge in [0.1, 0.15) is 0 Å². The molecule has 0 saturated heterocycles. The van der Waals surface area contributed by atoms with Crippen molar-refractivity contribution in [2.24, 2.45) is 0 Å². The van der Waals surface area contributed by atoms with Gasteiger partial charge in [-0.15, -0.1) is 0 Å². The van der Waals surface area contributed by atoms with Gasteiger partial charge >= 0.3 is 9.05 Å². The Morgan fingerprint density at radius 2 is 0.571 bits per heavy atom. The maximum atomic E-state index is 5.14. The Morgan fingerprint density at radius 3 is 0.667 bits per heavy atom. The molecular formula is C12H44O4S4Si. The summed E-state index contributed by atoms with van der Waals surface area (Å²) >= 11 is 15.6. The minimum Gasteiger partial charge on any atom is -0.342 e. The minimum atomic E-state index is -3.10. The summed E-state index contributed by atoms with van der Waals surface area (Å²) in [5.41, 5.74) is 0. The Kier molecular flexibility index (Phi) is 102. The number of hydrogen-bond acceptors (Lipinski definition) is 8. The zero-order chi connectivity index (χ0) is 10.2. The van der Waals surface area contributed by atoms with Crippen molar-refractivity contribution in [3.8, 4) is 0 Å². The van der Waals surface area contributed by atoms with Crippen LogP contribution in [0.25, 0.3) is 0 Å². The largest absolute Gasteiger partial charge is 0.682 e. The Bertz CT molecular complexity index is 108. The van der Waals surface area contributed by atoms with Crippen LogP contribution in [0.5, 0.6) is 0 Å². The van der Waals surface area contributed by atoms with E-state index in [2.05, 4.69) is 50.5 Å². The summed E-state index contributed by atoms with van der Waals surface area (Å²) in [6.45, 7) is 0. The van der Waals surface area contributed by atoms with Crippen molar-refractivity contribution < 1.29 is 17.7 Å². The molecule has 0 aliphatic carbocycles. The molecule has 0 radical (unpaired) electrons. The standard InChI is InChI=1S/C4H12O4S4Si.8CH4/c9-1-5-13(6-2-10,7-3-11)8-4-12;;;;;;;;/h9-12H,1-4H2;8*1H4. The molecule has 0 aliphatic rings. The third-order valence-electron chi connectivity index (χ3n) is 0.965. The van der Waals surface area contributed by atoms with Crippen molar-refractivity contribution in [3.05, 3.63) is 0 Å². The summed E-state index contributed by atoms with van der Waals surface area (Å²) in [7, 11) is -3.10. The van der Waals surface area contributed by atoms with E-state index in [-0.39, 0.29) is 83.2 Å². The second-order valence-corrected chi connectivity index (χ2v) is 4.78. The molecule has 0 aliphatic heterocycles. The Labute approximate surface area is 160 Å². The van der Waals surface area contributed by atoms with Crippen molar-refractivity contribution in [2.75, 3.05) is 23.8 Å². The normalized spacial score (nSPS) is 7.43. The fraction of sp³-hybridized carbons (Fsp3) is 1.00. The molecule has 21 heavy (non-hydrogen) atoms. The fourth-order valence-electron chi connectivity index (χ4n) is 0.566. The van der Waals surface area contributed by atoms with Crippen LogP contribution in [0.15, 0.2) is 0 Å². The minimum absolute atomic E-state index is 0. The highest BCUT2D eigenvalue weighted by molar-refractivity contribution is 7.80. The maximum absolute atomic E-state index is 5.14. The Morgan fingerprint density at radius 1 is 0.429 bits per heavy atom. The molecule has 0 spiro atoms. The van der Waals surface area contributed by atoms with E-state index in [9.17, 15) is 0 Å². The molecule has 0 aromatic carbocycles. The van der Waals surface area contributed by atoms with Gasteiger partial charge in [0.2, 0.25) is 0 Å². The predicted molar refractivity (Wildman–Crippen MR) is 119 cm³/mol. The number of rotatable bonds is 8. The van der Waals surface area contributed by atoms with Gasteiger partial charge in [-0.25, -0.2) is 0 Å². The fourth-order valence-corrected chi connectivity index (χ4v) is 3.60. The van der Waals surface area contributed by atoms with Gasteiger partial charge in [-0.3, -0.25) is 0 Å². The molecule has 0 amide bonds. The smallest absolute Gasteiger partial charge is 0.342 e. The van der Waals surface area contributed by atoms with Gasteiger partial charge in [-0.2, -0.15) is 50.5 Å². The third-order valence-corrected chi connectivity index (χ3v) is 4.45. The predicted octanol–water partition coefficient (Wildman–Crippen LogP) is 6.13. The molecule has 0 heterocycles. The lowest BCUT2D eigenvalue weighted by atomic mass is 11.7. The molecule has 144 valence electrons. The lowest BCUT2D eigenvalue weighted by Gasteiger charge is -2.25. The average Bonchev–Trinajstić information content (AvgIpc) is 2.06. The van der Waals surface area contributed by atoms with Gasteiger partial charge in [0.15, 0.2) is 0 Å². The van der Waals surface area contributed by atoms with Crippen LogP contribution in [0, 0.1) is 0 Å². The van der Waals surface area contributed by atoms with Crippen molar-refractivity contribution in [3.63, 3.8) is 0 Å². The van der Waals surface area contributed by atoms with E-state index in [1.165, 1.54) is 0 Å². The molecule has 0 aromatic heterocycles. The molecule has 4 nitrogen and oxygen atoms in total. The van der Waals surface area contributed by atoms with Gasteiger partial charge < -0.3 is 17.7 Å². The van der Waals surface area contributed by atoms with Crippen LogP contribution in [0.3, 0.4) is 0 Å². The Balaban J connectivity index is -0.0000000257. The first-order chi connectivity index (χ1) is 6.24. The van der Waals surface area contributed by atoms with E-state index in [0.717, 1.165) is 0 Å². The highest BCUT2D eigenvalue weighted by Gasteiger charge is 2.45. The van der Waals surface area contributed by atoms with E-state index < -0.39 is 9.05 Å². The van der Waals surface area contributed by atoms with Crippen molar-refractivity contribution in [1.82, 2.24) is 0 Å². The monoisotopic (exact) mass is 408 g/mol. The lowest BCUT2D eigenvalue weighted by Crippen LogP contribution is -2.48. The average molecular weight is 409 g/mol. The van der Waals surface area contributed by atoms with Crippen LogP contribution in [0.4, 0.5) is 0 Å². The molecule has 0 unspecified atom stereocenters. The van der Waals surface area contributed by atoms with Crippen molar-refractivity contribution >= 4 is 59.6 Å². The zero-order valence-corrected chi connectivity index (χ0v) is 11.3. The highest BCUT2D eigenvalue weighted by Crippen LogP contribution is 2.14. The van der Waals surface area contributed by atoms with Crippen LogP contribution >= 0.6 is 50.5 Å². The van der Waals surface area contributed by atoms with E-state index in [4.69, 9.17) is 17.7 Å². The van der Waals surface area contributed by atoms with E-state index >= 15 is 0 Å². The van der Waals surface area contributed by atoms with Crippen LogP contribution in [-0.2, 0) is 17.7 Å². The first-order valence-electron chi connectivity index (χ1n) is 3.24. The topological polar surface area (TPSA) is 36.9 Å². The molecule has 9 heteroatoms. The summed E-state index contributed by atoms with van der Waals surface area (Å²) in [6, 6.07) is 0. The first kappa shape index (κ1) is 57.1. The lowest BCUT2D eigenvalue weighted by molar-refractivity contribution is 0.00806. The molecule has 0 saturated carbocycles. The summed E-state index contributed by atoms with van der Waals surface area (Å²) in [6.07, 6.45) is 0. The second kappa shape index (κ2) is 37.6. The van der Waals surface area contributed by atoms with Gasteiger partial charge in [-0.05, 0) is 0 Å². The number of hydrogen-bond donors (Lipinski definition) is 4. The first-order valence-corrected chi connectivity index (χ1v) is 7.40. The molecule has 0 aromatic rings. The molecule has 0 rings (SSSR count).